The Morgan fingerprint density at radius 2 is 1.40 bits per heavy atom. The molecule has 2 aliphatic rings. The van der Waals surface area contributed by atoms with Gasteiger partial charge in [0.1, 0.15) is 12.7 Å². The molecule has 2 heterocycles. The van der Waals surface area contributed by atoms with Crippen molar-refractivity contribution in [3.63, 3.8) is 0 Å². The maximum absolute atomic E-state index is 11.7. The maximum atomic E-state index is 11.7. The first-order valence-corrected chi connectivity index (χ1v) is 9.75. The van der Waals surface area contributed by atoms with E-state index in [2.05, 4.69) is 0 Å². The lowest BCUT2D eigenvalue weighted by molar-refractivity contribution is -0.343. The summed E-state index contributed by atoms with van der Waals surface area (Å²) in [5, 5.41) is 0. The van der Waals surface area contributed by atoms with Gasteiger partial charge in [-0.05, 0) is 19.3 Å². The quantitative estimate of drug-likeness (QED) is 0.414. The van der Waals surface area contributed by atoms with E-state index in [9.17, 15) is 19.2 Å². The normalized spacial score (nSPS) is 31.3. The molecular weight excluding hydrogens is 404 g/mol. The SMILES string of the molecule is CC(=O)OC[C@H]1O[C@@H](O[C@@H]2CCCCO2)[C@H](OC(C)=O)[C@@H](OC(C)=O)[C@@H]1OC(C)=O. The summed E-state index contributed by atoms with van der Waals surface area (Å²) < 4.78 is 38.2. The zero-order chi connectivity index (χ0) is 22.3. The summed E-state index contributed by atoms with van der Waals surface area (Å²) in [5.74, 6) is -2.65. The molecule has 0 aromatic heterocycles. The summed E-state index contributed by atoms with van der Waals surface area (Å²) in [6, 6.07) is 0. The number of carbonyl (C=O) groups is 4. The number of hydrogen-bond donors (Lipinski definition) is 0. The lowest BCUT2D eigenvalue weighted by atomic mass is 9.98. The lowest BCUT2D eigenvalue weighted by Crippen LogP contribution is -2.63. The maximum Gasteiger partial charge on any atom is 0.303 e. The van der Waals surface area contributed by atoms with Gasteiger partial charge in [0.2, 0.25) is 6.29 Å². The molecule has 11 heteroatoms. The molecular formula is C19H28O11. The Labute approximate surface area is 174 Å². The van der Waals surface area contributed by atoms with Crippen molar-refractivity contribution in [3.05, 3.63) is 0 Å². The van der Waals surface area contributed by atoms with Crippen LogP contribution in [0.2, 0.25) is 0 Å². The zero-order valence-electron chi connectivity index (χ0n) is 17.5. The van der Waals surface area contributed by atoms with Gasteiger partial charge in [0, 0.05) is 34.3 Å². The van der Waals surface area contributed by atoms with Crippen LogP contribution < -0.4 is 0 Å². The minimum Gasteiger partial charge on any atom is -0.463 e. The Kier molecular flexibility index (Phi) is 9.00. The summed E-state index contributed by atoms with van der Waals surface area (Å²) >= 11 is 0. The first-order valence-electron chi connectivity index (χ1n) is 9.75. The molecule has 0 radical (unpaired) electrons. The number of carbonyl (C=O) groups excluding carboxylic acids is 4. The van der Waals surface area contributed by atoms with Gasteiger partial charge in [-0.15, -0.1) is 0 Å². The fourth-order valence-corrected chi connectivity index (χ4v) is 3.27. The molecule has 0 amide bonds. The number of rotatable bonds is 7. The molecule has 170 valence electrons. The van der Waals surface area contributed by atoms with Crippen LogP contribution in [0.1, 0.15) is 47.0 Å². The van der Waals surface area contributed by atoms with E-state index in [1.807, 2.05) is 0 Å². The van der Waals surface area contributed by atoms with E-state index in [4.69, 9.17) is 33.2 Å². The van der Waals surface area contributed by atoms with Gasteiger partial charge in [-0.2, -0.15) is 0 Å². The standard InChI is InChI=1S/C19H28O11/c1-10(20)25-9-14-16(26-11(2)21)17(27-12(3)22)18(28-13(4)23)19(29-14)30-15-7-5-6-8-24-15/h14-19H,5-9H2,1-4H3/t14-,15-,16-,17+,18-,19+/m1/s1. The molecule has 2 rings (SSSR count). The molecule has 0 aliphatic carbocycles. The van der Waals surface area contributed by atoms with Crippen LogP contribution in [0.5, 0.6) is 0 Å². The van der Waals surface area contributed by atoms with E-state index in [-0.39, 0.29) is 6.61 Å². The van der Waals surface area contributed by atoms with Crippen molar-refractivity contribution in [2.45, 2.75) is 84.0 Å². The van der Waals surface area contributed by atoms with Crippen LogP contribution in [0.15, 0.2) is 0 Å². The number of hydrogen-bond acceptors (Lipinski definition) is 11. The van der Waals surface area contributed by atoms with Gasteiger partial charge in [-0.25, -0.2) is 0 Å². The van der Waals surface area contributed by atoms with E-state index in [0.717, 1.165) is 26.7 Å². The average Bonchev–Trinajstić information content (AvgIpc) is 2.64. The van der Waals surface area contributed by atoms with Crippen molar-refractivity contribution in [1.29, 1.82) is 0 Å². The van der Waals surface area contributed by atoms with Gasteiger partial charge in [0.05, 0.1) is 0 Å². The molecule has 0 bridgehead atoms. The van der Waals surface area contributed by atoms with Crippen LogP contribution in [0.25, 0.3) is 0 Å². The van der Waals surface area contributed by atoms with Crippen molar-refractivity contribution >= 4 is 23.9 Å². The lowest BCUT2D eigenvalue weighted by Gasteiger charge is -2.44. The molecule has 30 heavy (non-hydrogen) atoms. The third-order valence-electron chi connectivity index (χ3n) is 4.37. The van der Waals surface area contributed by atoms with Crippen molar-refractivity contribution in [1.82, 2.24) is 0 Å². The summed E-state index contributed by atoms with van der Waals surface area (Å²) in [6.45, 7) is 4.89. The van der Waals surface area contributed by atoms with Gasteiger partial charge in [-0.3, -0.25) is 19.2 Å². The van der Waals surface area contributed by atoms with Gasteiger partial charge in [-0.1, -0.05) is 0 Å². The Hall–Kier alpha value is -2.24. The Morgan fingerprint density at radius 3 is 1.93 bits per heavy atom. The topological polar surface area (TPSA) is 133 Å². The fraction of sp³-hybridized carbons (Fsp3) is 0.789. The molecule has 6 atom stereocenters. The second-order valence-corrected chi connectivity index (χ2v) is 7.00. The fourth-order valence-electron chi connectivity index (χ4n) is 3.27. The number of ether oxygens (including phenoxy) is 7. The summed E-state index contributed by atoms with van der Waals surface area (Å²) in [6.07, 6.45) is -4.23. The first kappa shape index (κ1) is 24.0. The highest BCUT2D eigenvalue weighted by molar-refractivity contribution is 5.68. The Morgan fingerprint density at radius 1 is 0.800 bits per heavy atom. The van der Waals surface area contributed by atoms with Crippen molar-refractivity contribution in [2.24, 2.45) is 0 Å². The van der Waals surface area contributed by atoms with Crippen LogP contribution in [-0.4, -0.2) is 74.1 Å². The van der Waals surface area contributed by atoms with Crippen molar-refractivity contribution < 1.29 is 52.3 Å². The molecule has 2 fully saturated rings. The van der Waals surface area contributed by atoms with E-state index in [1.54, 1.807) is 0 Å². The molecule has 0 aromatic rings. The molecule has 0 N–H and O–H groups in total. The van der Waals surface area contributed by atoms with Gasteiger partial charge in [0.25, 0.3) is 0 Å². The monoisotopic (exact) mass is 432 g/mol. The molecule has 2 saturated heterocycles. The predicted octanol–water partition coefficient (Wildman–Crippen LogP) is 0.613. The van der Waals surface area contributed by atoms with Crippen LogP contribution in [0, 0.1) is 0 Å². The Balaban J connectivity index is 2.34. The molecule has 0 saturated carbocycles. The van der Waals surface area contributed by atoms with Gasteiger partial charge < -0.3 is 33.2 Å². The summed E-state index contributed by atoms with van der Waals surface area (Å²) in [7, 11) is 0. The summed E-state index contributed by atoms with van der Waals surface area (Å²) in [5.41, 5.74) is 0. The van der Waals surface area contributed by atoms with Crippen LogP contribution in [-0.2, 0) is 52.3 Å². The second-order valence-electron chi connectivity index (χ2n) is 7.00. The molecule has 2 aliphatic heterocycles. The number of esters is 4. The molecule has 0 spiro atoms. The minimum atomic E-state index is -1.25. The van der Waals surface area contributed by atoms with E-state index in [0.29, 0.717) is 13.0 Å². The van der Waals surface area contributed by atoms with Crippen LogP contribution >= 0.6 is 0 Å². The highest BCUT2D eigenvalue weighted by Gasteiger charge is 2.53. The van der Waals surface area contributed by atoms with E-state index < -0.39 is 60.9 Å². The summed E-state index contributed by atoms with van der Waals surface area (Å²) in [4.78, 5) is 46.4. The van der Waals surface area contributed by atoms with E-state index >= 15 is 0 Å². The van der Waals surface area contributed by atoms with Gasteiger partial charge >= 0.3 is 23.9 Å². The highest BCUT2D eigenvalue weighted by atomic mass is 16.8. The molecule has 0 aromatic carbocycles. The van der Waals surface area contributed by atoms with E-state index in [1.165, 1.54) is 13.8 Å². The zero-order valence-corrected chi connectivity index (χ0v) is 17.5. The third kappa shape index (κ3) is 7.22. The second kappa shape index (κ2) is 11.2. The van der Waals surface area contributed by atoms with Crippen LogP contribution in [0.4, 0.5) is 0 Å². The molecule has 11 nitrogen and oxygen atoms in total. The smallest absolute Gasteiger partial charge is 0.303 e. The molecule has 0 unspecified atom stereocenters. The minimum absolute atomic E-state index is 0.302. The van der Waals surface area contributed by atoms with Crippen molar-refractivity contribution in [3.8, 4) is 0 Å². The predicted molar refractivity (Wildman–Crippen MR) is 96.6 cm³/mol. The van der Waals surface area contributed by atoms with Crippen LogP contribution in [0.3, 0.4) is 0 Å². The van der Waals surface area contributed by atoms with Gasteiger partial charge in [0.15, 0.2) is 24.6 Å². The highest BCUT2D eigenvalue weighted by Crippen LogP contribution is 2.31. The van der Waals surface area contributed by atoms with Crippen molar-refractivity contribution in [2.75, 3.05) is 13.2 Å². The third-order valence-corrected chi connectivity index (χ3v) is 4.37. The first-order chi connectivity index (χ1) is 14.2. The average molecular weight is 432 g/mol. The largest absolute Gasteiger partial charge is 0.463 e. The Bertz CT molecular complexity index is 628.